The average molecular weight is 225 g/mol. The average Bonchev–Trinajstić information content (AvgIpc) is 2.08. The number of hydrogen-bond acceptors (Lipinski definition) is 1. The van der Waals surface area contributed by atoms with Gasteiger partial charge in [-0.25, -0.2) is 4.39 Å². The predicted molar refractivity (Wildman–Crippen MR) is 65.4 cm³/mol. The molecule has 0 radical (unpaired) electrons. The van der Waals surface area contributed by atoms with E-state index in [1.807, 2.05) is 26.0 Å². The lowest BCUT2D eigenvalue weighted by Gasteiger charge is -2.11. The van der Waals surface area contributed by atoms with E-state index < -0.39 is 0 Å². The Morgan fingerprint density at radius 3 is 2.73 bits per heavy atom. The fourth-order valence-electron chi connectivity index (χ4n) is 1.61. The third kappa shape index (κ3) is 3.96. The summed E-state index contributed by atoms with van der Waals surface area (Å²) < 4.78 is 13.5. The SMILES string of the molecule is Cc1ccc(CC(C)CC(N)=S)c(F)c1. The summed E-state index contributed by atoms with van der Waals surface area (Å²) in [4.78, 5) is 0.495. The van der Waals surface area contributed by atoms with Crippen LogP contribution in [0.5, 0.6) is 0 Å². The van der Waals surface area contributed by atoms with E-state index in [-0.39, 0.29) is 5.82 Å². The molecule has 2 N–H and O–H groups in total. The fourth-order valence-corrected chi connectivity index (χ4v) is 1.89. The van der Waals surface area contributed by atoms with E-state index in [1.54, 1.807) is 6.07 Å². The van der Waals surface area contributed by atoms with Crippen LogP contribution < -0.4 is 5.73 Å². The van der Waals surface area contributed by atoms with Crippen LogP contribution in [0.1, 0.15) is 24.5 Å². The van der Waals surface area contributed by atoms with Crippen molar-refractivity contribution in [2.75, 3.05) is 0 Å². The van der Waals surface area contributed by atoms with Crippen LogP contribution in [0.4, 0.5) is 4.39 Å². The van der Waals surface area contributed by atoms with E-state index in [9.17, 15) is 4.39 Å². The quantitative estimate of drug-likeness (QED) is 0.797. The molecule has 1 rings (SSSR count). The van der Waals surface area contributed by atoms with Crippen molar-refractivity contribution in [1.29, 1.82) is 0 Å². The first-order valence-corrected chi connectivity index (χ1v) is 5.43. The first-order valence-electron chi connectivity index (χ1n) is 5.02. The topological polar surface area (TPSA) is 26.0 Å². The molecule has 1 aromatic rings. The summed E-state index contributed by atoms with van der Waals surface area (Å²) in [6.45, 7) is 3.91. The standard InChI is InChI=1S/C12H16FNS/c1-8-3-4-10(11(13)6-8)5-9(2)7-12(14)15/h3-4,6,9H,5,7H2,1-2H3,(H2,14,15). The van der Waals surface area contributed by atoms with Gasteiger partial charge in [0.15, 0.2) is 0 Å². The highest BCUT2D eigenvalue weighted by atomic mass is 32.1. The number of nitrogens with two attached hydrogens (primary N) is 1. The number of thiocarbonyl (C=S) groups is 1. The van der Waals surface area contributed by atoms with Crippen molar-refractivity contribution < 1.29 is 4.39 Å². The molecule has 0 amide bonds. The third-order valence-electron chi connectivity index (χ3n) is 2.33. The van der Waals surface area contributed by atoms with Crippen molar-refractivity contribution in [2.45, 2.75) is 26.7 Å². The van der Waals surface area contributed by atoms with Crippen LogP contribution in [-0.4, -0.2) is 4.99 Å². The molecule has 1 aromatic carbocycles. The molecular weight excluding hydrogens is 209 g/mol. The Hall–Kier alpha value is -0.960. The molecule has 0 heterocycles. The smallest absolute Gasteiger partial charge is 0.126 e. The summed E-state index contributed by atoms with van der Waals surface area (Å²) in [5.41, 5.74) is 7.13. The highest BCUT2D eigenvalue weighted by molar-refractivity contribution is 7.80. The number of hydrogen-bond donors (Lipinski definition) is 1. The maximum atomic E-state index is 13.5. The Morgan fingerprint density at radius 2 is 2.20 bits per heavy atom. The highest BCUT2D eigenvalue weighted by Gasteiger charge is 2.08. The maximum Gasteiger partial charge on any atom is 0.126 e. The van der Waals surface area contributed by atoms with Crippen LogP contribution in [-0.2, 0) is 6.42 Å². The zero-order valence-electron chi connectivity index (χ0n) is 9.09. The molecule has 0 saturated heterocycles. The Labute approximate surface area is 95.5 Å². The monoisotopic (exact) mass is 225 g/mol. The molecule has 0 spiro atoms. The van der Waals surface area contributed by atoms with Crippen LogP contribution in [0.3, 0.4) is 0 Å². The molecule has 0 aliphatic heterocycles. The van der Waals surface area contributed by atoms with E-state index in [0.29, 0.717) is 23.7 Å². The van der Waals surface area contributed by atoms with Crippen molar-refractivity contribution in [3.8, 4) is 0 Å². The molecule has 0 fully saturated rings. The summed E-state index contributed by atoms with van der Waals surface area (Å²) in [5.74, 6) is 0.157. The largest absolute Gasteiger partial charge is 0.393 e. The lowest BCUT2D eigenvalue weighted by molar-refractivity contribution is 0.557. The van der Waals surface area contributed by atoms with Gasteiger partial charge >= 0.3 is 0 Å². The Balaban J connectivity index is 2.68. The van der Waals surface area contributed by atoms with Crippen molar-refractivity contribution in [2.24, 2.45) is 11.7 Å². The van der Waals surface area contributed by atoms with Crippen LogP contribution in [0, 0.1) is 18.7 Å². The number of benzene rings is 1. The summed E-state index contributed by atoms with van der Waals surface area (Å²) in [6.07, 6.45) is 1.35. The van der Waals surface area contributed by atoms with Crippen molar-refractivity contribution in [3.63, 3.8) is 0 Å². The van der Waals surface area contributed by atoms with Gasteiger partial charge < -0.3 is 5.73 Å². The number of halogens is 1. The number of aryl methyl sites for hydroxylation is 1. The molecule has 0 saturated carbocycles. The molecule has 0 aliphatic carbocycles. The summed E-state index contributed by atoms with van der Waals surface area (Å²) >= 11 is 4.83. The Morgan fingerprint density at radius 1 is 1.53 bits per heavy atom. The first kappa shape index (κ1) is 12.1. The second-order valence-corrected chi connectivity index (χ2v) is 4.60. The highest BCUT2D eigenvalue weighted by Crippen LogP contribution is 2.16. The van der Waals surface area contributed by atoms with Gasteiger partial charge in [-0.3, -0.25) is 0 Å². The van der Waals surface area contributed by atoms with Gasteiger partial charge in [-0.1, -0.05) is 31.3 Å². The summed E-state index contributed by atoms with van der Waals surface area (Å²) in [7, 11) is 0. The van der Waals surface area contributed by atoms with E-state index >= 15 is 0 Å². The molecule has 1 unspecified atom stereocenters. The minimum Gasteiger partial charge on any atom is -0.393 e. The maximum absolute atomic E-state index is 13.5. The molecule has 0 aliphatic rings. The van der Waals surface area contributed by atoms with Gasteiger partial charge in [0, 0.05) is 6.42 Å². The lowest BCUT2D eigenvalue weighted by atomic mass is 9.97. The van der Waals surface area contributed by atoms with Gasteiger partial charge in [0.25, 0.3) is 0 Å². The second-order valence-electron chi connectivity index (χ2n) is 4.07. The lowest BCUT2D eigenvalue weighted by Crippen LogP contribution is -2.14. The van der Waals surface area contributed by atoms with Crippen molar-refractivity contribution in [1.82, 2.24) is 0 Å². The third-order valence-corrected chi connectivity index (χ3v) is 2.49. The van der Waals surface area contributed by atoms with Gasteiger partial charge in [0.2, 0.25) is 0 Å². The minimum absolute atomic E-state index is 0.134. The molecule has 82 valence electrons. The van der Waals surface area contributed by atoms with Crippen LogP contribution >= 0.6 is 12.2 Å². The van der Waals surface area contributed by atoms with Crippen LogP contribution in [0.15, 0.2) is 18.2 Å². The predicted octanol–water partition coefficient (Wildman–Crippen LogP) is 2.99. The van der Waals surface area contributed by atoms with Gasteiger partial charge in [-0.05, 0) is 36.5 Å². The van der Waals surface area contributed by atoms with Crippen LogP contribution in [0.2, 0.25) is 0 Å². The van der Waals surface area contributed by atoms with E-state index in [1.165, 1.54) is 0 Å². The van der Waals surface area contributed by atoms with E-state index in [2.05, 4.69) is 0 Å². The van der Waals surface area contributed by atoms with Gasteiger partial charge in [0.05, 0.1) is 4.99 Å². The van der Waals surface area contributed by atoms with E-state index in [4.69, 9.17) is 18.0 Å². The summed E-state index contributed by atoms with van der Waals surface area (Å²) in [5, 5.41) is 0. The molecule has 0 aromatic heterocycles. The molecule has 3 heteroatoms. The van der Waals surface area contributed by atoms with Crippen LogP contribution in [0.25, 0.3) is 0 Å². The van der Waals surface area contributed by atoms with Crippen molar-refractivity contribution in [3.05, 3.63) is 35.1 Å². The molecular formula is C12H16FNS. The minimum atomic E-state index is -0.134. The second kappa shape index (κ2) is 5.21. The van der Waals surface area contributed by atoms with E-state index in [0.717, 1.165) is 11.1 Å². The Bertz CT molecular complexity index is 363. The molecule has 15 heavy (non-hydrogen) atoms. The number of rotatable bonds is 4. The normalized spacial score (nSPS) is 12.5. The zero-order chi connectivity index (χ0) is 11.4. The molecule has 1 atom stereocenters. The molecule has 0 bridgehead atoms. The van der Waals surface area contributed by atoms with Gasteiger partial charge in [-0.15, -0.1) is 0 Å². The zero-order valence-corrected chi connectivity index (χ0v) is 9.90. The van der Waals surface area contributed by atoms with Crippen molar-refractivity contribution >= 4 is 17.2 Å². The first-order chi connectivity index (χ1) is 6.99. The van der Waals surface area contributed by atoms with Gasteiger partial charge in [0.1, 0.15) is 5.82 Å². The van der Waals surface area contributed by atoms with Gasteiger partial charge in [-0.2, -0.15) is 0 Å². The Kier molecular flexibility index (Phi) is 4.21. The summed E-state index contributed by atoms with van der Waals surface area (Å²) in [6, 6.07) is 5.31. The molecule has 1 nitrogen and oxygen atoms in total. The fraction of sp³-hybridized carbons (Fsp3) is 0.417.